The molecule has 0 amide bonds. The van der Waals surface area contributed by atoms with E-state index in [9.17, 15) is 26.3 Å². The summed E-state index contributed by atoms with van der Waals surface area (Å²) in [6, 6.07) is 14.9. The molecule has 2 aromatic heterocycles. The van der Waals surface area contributed by atoms with Crippen molar-refractivity contribution in [3.63, 3.8) is 0 Å². The summed E-state index contributed by atoms with van der Waals surface area (Å²) in [4.78, 5) is 16.0. The van der Waals surface area contributed by atoms with Gasteiger partial charge in [0.15, 0.2) is 23.0 Å². The van der Waals surface area contributed by atoms with E-state index in [1.54, 1.807) is 38.4 Å². The fraction of sp³-hybridized carbons (Fsp3) is 0.273. The number of fused-ring (bicyclic) bond motifs is 2. The summed E-state index contributed by atoms with van der Waals surface area (Å²) in [6.45, 7) is 11.1. The second-order valence-corrected chi connectivity index (χ2v) is 17.3. The lowest BCUT2D eigenvalue weighted by Gasteiger charge is -2.32. The van der Waals surface area contributed by atoms with Crippen LogP contribution in [0.2, 0.25) is 10.0 Å². The van der Waals surface area contributed by atoms with Crippen LogP contribution in [-0.4, -0.2) is 50.8 Å². The predicted octanol–water partition coefficient (Wildman–Crippen LogP) is 11.4. The first kappa shape index (κ1) is 48.4. The Hall–Kier alpha value is -5.54. The smallest absolute Gasteiger partial charge is 0.458 e. The van der Waals surface area contributed by atoms with Gasteiger partial charge in [-0.25, -0.2) is 28.7 Å². The molecule has 0 unspecified atom stereocenters. The first-order valence-electron chi connectivity index (χ1n) is 19.6. The van der Waals surface area contributed by atoms with Crippen LogP contribution in [0.25, 0.3) is 11.1 Å². The normalized spacial score (nSPS) is 16.4. The van der Waals surface area contributed by atoms with Crippen molar-refractivity contribution < 1.29 is 64.1 Å². The van der Waals surface area contributed by atoms with Gasteiger partial charge in [-0.05, 0) is 128 Å². The van der Waals surface area contributed by atoms with Crippen molar-refractivity contribution in [3.05, 3.63) is 134 Å². The zero-order valence-corrected chi connectivity index (χ0v) is 38.6. The number of benzene rings is 4. The molecular formula is C44H36BBrCl2F6N4O8. The molecule has 0 saturated carbocycles. The summed E-state index contributed by atoms with van der Waals surface area (Å²) >= 11 is 15.0. The summed E-state index contributed by atoms with van der Waals surface area (Å²) in [7, 11) is -0.627. The third-order valence-electron chi connectivity index (χ3n) is 10.4. The quantitative estimate of drug-likeness (QED) is 0.106. The van der Waals surface area contributed by atoms with Gasteiger partial charge >= 0.3 is 31.7 Å². The molecule has 0 spiro atoms. The van der Waals surface area contributed by atoms with Crippen molar-refractivity contribution in [1.29, 1.82) is 0 Å². The van der Waals surface area contributed by atoms with Crippen LogP contribution in [0, 0.1) is 25.5 Å². The van der Waals surface area contributed by atoms with E-state index in [0.717, 1.165) is 10.0 Å². The van der Waals surface area contributed by atoms with Crippen molar-refractivity contribution >= 4 is 51.7 Å². The van der Waals surface area contributed by atoms with Crippen LogP contribution in [0.5, 0.6) is 35.0 Å². The van der Waals surface area contributed by atoms with Gasteiger partial charge in [0.1, 0.15) is 24.8 Å². The van der Waals surface area contributed by atoms with Crippen molar-refractivity contribution in [2.45, 2.75) is 78.5 Å². The summed E-state index contributed by atoms with van der Waals surface area (Å²) < 4.78 is 121. The fourth-order valence-electron chi connectivity index (χ4n) is 6.27. The van der Waals surface area contributed by atoms with Gasteiger partial charge in [-0.2, -0.15) is 0 Å². The Morgan fingerprint density at radius 3 is 1.47 bits per heavy atom. The highest BCUT2D eigenvalue weighted by Gasteiger charge is 2.53. The number of rotatable bonds is 8. The van der Waals surface area contributed by atoms with Gasteiger partial charge in [0.2, 0.25) is 0 Å². The molecule has 346 valence electrons. The molecule has 1 fully saturated rings. The lowest BCUT2D eigenvalue weighted by atomic mass is 9.76. The molecule has 22 heteroatoms. The molecule has 0 radical (unpaired) electrons. The molecule has 0 aliphatic carbocycles. The van der Waals surface area contributed by atoms with Crippen LogP contribution in [-0.2, 0) is 22.5 Å². The highest BCUT2D eigenvalue weighted by Crippen LogP contribution is 2.45. The lowest BCUT2D eigenvalue weighted by Crippen LogP contribution is -2.41. The topological polar surface area (TPSA) is 125 Å². The van der Waals surface area contributed by atoms with E-state index >= 15 is 0 Å². The standard InChI is InChI=1S/C19H12ClF3N2O3.C14H17BF2O4.C11H7BrClFN2O/c1-10-5-16-17(28-19(22,23)27-16)6-12(10)11-7-24-18(25-8-11)26-9-13-14(20)3-2-4-15(13)21;1-8-6-10-11(19-14(16,17)18-10)7-9(8)15-20-12(2,3)13(4,5)21-15;12-7-4-15-11(16-5-7)17-6-8-9(13)2-1-3-10(8)14/h2-8H,9H2,1H3;6-7H,1-5H3;1-5H,6H2. The van der Waals surface area contributed by atoms with Crippen molar-refractivity contribution in [2.75, 3.05) is 0 Å². The average Bonchev–Trinajstić information content (AvgIpc) is 3.79. The maximum absolute atomic E-state index is 13.8. The molecule has 3 aliphatic rings. The van der Waals surface area contributed by atoms with Crippen LogP contribution in [0.3, 0.4) is 0 Å². The highest BCUT2D eigenvalue weighted by molar-refractivity contribution is 9.10. The minimum absolute atomic E-state index is 0.00434. The SMILES string of the molecule is Cc1cc2c(cc1-c1cnc(OCc3c(F)cccc3Cl)nc1)OC(F)(F)O2.Cc1cc2c(cc1B1OC(C)(C)C(C)(C)O1)OC(F)(F)O2.Fc1cccc(Cl)c1COc1ncc(Br)cn1. The van der Waals surface area contributed by atoms with Gasteiger partial charge in [0.25, 0.3) is 0 Å². The first-order chi connectivity index (χ1) is 31.0. The van der Waals surface area contributed by atoms with Gasteiger partial charge in [-0.15, -0.1) is 17.6 Å². The van der Waals surface area contributed by atoms with Gasteiger partial charge < -0.3 is 37.7 Å². The van der Waals surface area contributed by atoms with Gasteiger partial charge in [0, 0.05) is 41.5 Å². The van der Waals surface area contributed by atoms with Gasteiger partial charge in [-0.3, -0.25) is 0 Å². The number of alkyl halides is 4. The number of ether oxygens (including phenoxy) is 6. The van der Waals surface area contributed by atoms with Gasteiger partial charge in [-0.1, -0.05) is 35.3 Å². The monoisotopic (exact) mass is 1020 g/mol. The summed E-state index contributed by atoms with van der Waals surface area (Å²) in [5, 5.41) is 0.562. The van der Waals surface area contributed by atoms with E-state index in [1.807, 2.05) is 27.7 Å². The number of aryl methyl sites for hydroxylation is 2. The Balaban J connectivity index is 0.000000152. The number of nitrogens with zero attached hydrogens (tertiary/aromatic N) is 4. The first-order valence-corrected chi connectivity index (χ1v) is 21.1. The van der Waals surface area contributed by atoms with Crippen LogP contribution < -0.4 is 33.9 Å². The Morgan fingerprint density at radius 1 is 0.606 bits per heavy atom. The molecule has 0 N–H and O–H groups in total. The lowest BCUT2D eigenvalue weighted by molar-refractivity contribution is -0.287. The van der Waals surface area contributed by atoms with Crippen molar-refractivity contribution in [2.24, 2.45) is 0 Å². The minimum atomic E-state index is -3.68. The number of aromatic nitrogens is 4. The fourth-order valence-corrected chi connectivity index (χ4v) is 6.91. The largest absolute Gasteiger partial charge is 0.586 e. The molecule has 12 nitrogen and oxygen atoms in total. The molecule has 0 atom stereocenters. The Kier molecular flexibility index (Phi) is 13.9. The van der Waals surface area contributed by atoms with Crippen molar-refractivity contribution in [1.82, 2.24) is 19.9 Å². The maximum atomic E-state index is 13.8. The van der Waals surface area contributed by atoms with E-state index in [0.29, 0.717) is 32.7 Å². The third-order valence-corrected chi connectivity index (χ3v) is 11.5. The maximum Gasteiger partial charge on any atom is 0.586 e. The van der Waals surface area contributed by atoms with Crippen LogP contribution >= 0.6 is 39.1 Å². The van der Waals surface area contributed by atoms with Crippen LogP contribution in [0.15, 0.2) is 89.9 Å². The van der Waals surface area contributed by atoms with E-state index in [1.165, 1.54) is 60.9 Å². The molecule has 0 bridgehead atoms. The second-order valence-electron chi connectivity index (χ2n) is 15.6. The van der Waals surface area contributed by atoms with Crippen LogP contribution in [0.1, 0.15) is 49.9 Å². The number of hydrogen-bond donors (Lipinski definition) is 0. The predicted molar refractivity (Wildman–Crippen MR) is 233 cm³/mol. The van der Waals surface area contributed by atoms with Gasteiger partial charge in [0.05, 0.1) is 25.7 Å². The molecule has 9 rings (SSSR count). The average molecular weight is 1020 g/mol. The molecule has 5 heterocycles. The number of halogens is 9. The van der Waals surface area contributed by atoms with E-state index in [2.05, 4.69) is 54.8 Å². The molecule has 66 heavy (non-hydrogen) atoms. The Labute approximate surface area is 392 Å². The van der Waals surface area contributed by atoms with E-state index in [4.69, 9.17) is 42.0 Å². The Morgan fingerprint density at radius 2 is 1.02 bits per heavy atom. The molecule has 1 saturated heterocycles. The minimum Gasteiger partial charge on any atom is -0.458 e. The highest BCUT2D eigenvalue weighted by atomic mass is 79.9. The molecule has 6 aromatic rings. The zero-order valence-electron chi connectivity index (χ0n) is 35.5. The summed E-state index contributed by atoms with van der Waals surface area (Å²) in [5.41, 5.74) is 2.75. The molecular weight excluding hydrogens is 988 g/mol. The molecule has 4 aromatic carbocycles. The van der Waals surface area contributed by atoms with Crippen molar-refractivity contribution in [3.8, 4) is 46.1 Å². The zero-order chi connectivity index (χ0) is 47.8. The molecule has 3 aliphatic heterocycles. The second kappa shape index (κ2) is 19.0. The third kappa shape index (κ3) is 11.2. The van der Waals surface area contributed by atoms with E-state index in [-0.39, 0.29) is 58.8 Å². The van der Waals surface area contributed by atoms with Crippen LogP contribution in [0.4, 0.5) is 26.3 Å². The number of hydrogen-bond acceptors (Lipinski definition) is 12. The summed E-state index contributed by atoms with van der Waals surface area (Å²) in [5.74, 6) is -0.978. The van der Waals surface area contributed by atoms with E-state index < -0.39 is 42.5 Å². The summed E-state index contributed by atoms with van der Waals surface area (Å²) in [6.07, 6.45) is -1.28. The Bertz CT molecular complexity index is 2690.